The smallest absolute Gasteiger partial charge is 0.478 e. The number of carboxylic acid groups (broad SMARTS) is 1. The van der Waals surface area contributed by atoms with Crippen molar-refractivity contribution in [2.75, 3.05) is 0 Å². The molecule has 0 bridgehead atoms. The molecule has 4 rings (SSSR count). The summed E-state index contributed by atoms with van der Waals surface area (Å²) >= 11 is 0. The van der Waals surface area contributed by atoms with Crippen LogP contribution < -0.4 is 4.74 Å². The highest BCUT2D eigenvalue weighted by molar-refractivity contribution is 5.96. The molecule has 0 saturated heterocycles. The molecule has 0 amide bonds. The number of carboxylic acids is 1. The zero-order chi connectivity index (χ0) is 24.1. The molecule has 176 valence electrons. The van der Waals surface area contributed by atoms with Crippen LogP contribution in [0.2, 0.25) is 0 Å². The Kier molecular flexibility index (Phi) is 5.66. The van der Waals surface area contributed by atoms with Crippen LogP contribution in [0.25, 0.3) is 22.4 Å². The monoisotopic (exact) mass is 460 g/mol. The van der Waals surface area contributed by atoms with Crippen molar-refractivity contribution in [2.45, 2.75) is 59.4 Å². The lowest BCUT2D eigenvalue weighted by molar-refractivity contribution is -0.274. The van der Waals surface area contributed by atoms with Gasteiger partial charge in [0.1, 0.15) is 11.6 Å². The molecular weight excluding hydrogens is 433 g/mol. The van der Waals surface area contributed by atoms with Gasteiger partial charge in [0, 0.05) is 11.6 Å². The lowest BCUT2D eigenvalue weighted by Crippen LogP contribution is -2.29. The second-order valence-electron chi connectivity index (χ2n) is 9.86. The van der Waals surface area contributed by atoms with E-state index in [2.05, 4.69) is 30.1 Å². The number of aromatic carboxylic acids is 1. The van der Waals surface area contributed by atoms with Crippen LogP contribution in [-0.4, -0.2) is 27.0 Å². The van der Waals surface area contributed by atoms with E-state index in [-0.39, 0.29) is 22.8 Å². The van der Waals surface area contributed by atoms with Crippen LogP contribution in [0.1, 0.15) is 62.0 Å². The number of hydrogen-bond acceptors (Lipinski definition) is 3. The Morgan fingerprint density at radius 2 is 1.82 bits per heavy atom. The summed E-state index contributed by atoms with van der Waals surface area (Å²) in [5.41, 5.74) is 2.95. The highest BCUT2D eigenvalue weighted by atomic mass is 19.4. The molecular formula is C25H27F3N2O3. The van der Waals surface area contributed by atoms with E-state index in [1.165, 1.54) is 12.1 Å². The number of nitrogens with zero attached hydrogens (tertiary/aromatic N) is 2. The molecule has 0 spiro atoms. The summed E-state index contributed by atoms with van der Waals surface area (Å²) in [6.45, 7) is 8.45. The Morgan fingerprint density at radius 1 is 1.15 bits per heavy atom. The Bertz CT molecular complexity index is 1200. The molecule has 8 heteroatoms. The number of rotatable bonds is 4. The third-order valence-corrected chi connectivity index (χ3v) is 6.42. The summed E-state index contributed by atoms with van der Waals surface area (Å²) in [6, 6.07) is 9.18. The minimum absolute atomic E-state index is 0.122. The Hall–Kier alpha value is -3.03. The maximum Gasteiger partial charge on any atom is 0.573 e. The van der Waals surface area contributed by atoms with Crippen molar-refractivity contribution < 1.29 is 27.8 Å². The molecule has 1 aromatic heterocycles. The number of benzene rings is 2. The van der Waals surface area contributed by atoms with E-state index in [0.29, 0.717) is 28.4 Å². The normalized spacial score (nSPS) is 20.7. The number of imidazole rings is 1. The first-order chi connectivity index (χ1) is 15.3. The predicted octanol–water partition coefficient (Wildman–Crippen LogP) is 7.00. The van der Waals surface area contributed by atoms with Gasteiger partial charge in [0.15, 0.2) is 0 Å². The van der Waals surface area contributed by atoms with Gasteiger partial charge in [-0.15, -0.1) is 13.2 Å². The van der Waals surface area contributed by atoms with Crippen molar-refractivity contribution >= 4 is 17.0 Å². The second kappa shape index (κ2) is 8.08. The molecule has 1 aliphatic carbocycles. The quantitative estimate of drug-likeness (QED) is 0.455. The van der Waals surface area contributed by atoms with Crippen LogP contribution in [0.15, 0.2) is 36.4 Å². The molecule has 2 aromatic carbocycles. The van der Waals surface area contributed by atoms with Crippen LogP contribution in [0.4, 0.5) is 13.2 Å². The van der Waals surface area contributed by atoms with Gasteiger partial charge in [-0.05, 0) is 79.5 Å². The second-order valence-corrected chi connectivity index (χ2v) is 9.86. The molecule has 3 aromatic rings. The number of alkyl halides is 3. The molecule has 1 N–H and O–H groups in total. The summed E-state index contributed by atoms with van der Waals surface area (Å²) in [5.74, 6) is -0.215. The first-order valence-corrected chi connectivity index (χ1v) is 11.0. The topological polar surface area (TPSA) is 64.3 Å². The zero-order valence-electron chi connectivity index (χ0n) is 19.0. The molecule has 1 fully saturated rings. The van der Waals surface area contributed by atoms with Crippen LogP contribution >= 0.6 is 0 Å². The minimum Gasteiger partial charge on any atom is -0.478 e. The van der Waals surface area contributed by atoms with Gasteiger partial charge in [0.2, 0.25) is 0 Å². The third kappa shape index (κ3) is 4.70. The van der Waals surface area contributed by atoms with Gasteiger partial charge in [-0.2, -0.15) is 0 Å². The summed E-state index contributed by atoms with van der Waals surface area (Å²) in [4.78, 5) is 16.5. The van der Waals surface area contributed by atoms with Gasteiger partial charge in [-0.3, -0.25) is 0 Å². The van der Waals surface area contributed by atoms with E-state index < -0.39 is 12.3 Å². The SMILES string of the molecule is Cc1c(C(=O)O)ccc2c1nc(-c1ccc(OC(F)(F)F)cc1)n2C1CC(C)CC(C)(C)C1. The molecule has 0 radical (unpaired) electrons. The van der Waals surface area contributed by atoms with E-state index in [0.717, 1.165) is 24.8 Å². The average Bonchev–Trinajstić information content (AvgIpc) is 3.06. The number of aryl methyl sites for hydroxylation is 1. The molecule has 1 aliphatic rings. The Morgan fingerprint density at radius 3 is 2.39 bits per heavy atom. The average molecular weight is 460 g/mol. The maximum absolute atomic E-state index is 12.6. The zero-order valence-corrected chi connectivity index (χ0v) is 19.0. The fraction of sp³-hybridized carbons (Fsp3) is 0.440. The number of carbonyl (C=O) groups is 1. The summed E-state index contributed by atoms with van der Waals surface area (Å²) in [5, 5.41) is 9.55. The number of aromatic nitrogens is 2. The predicted molar refractivity (Wildman–Crippen MR) is 119 cm³/mol. The molecule has 1 saturated carbocycles. The maximum atomic E-state index is 12.6. The van der Waals surface area contributed by atoms with Gasteiger partial charge in [0.05, 0.1) is 16.6 Å². The van der Waals surface area contributed by atoms with Crippen LogP contribution in [0.5, 0.6) is 5.75 Å². The lowest BCUT2D eigenvalue weighted by Gasteiger charge is -2.40. The van der Waals surface area contributed by atoms with E-state index >= 15 is 0 Å². The molecule has 1 heterocycles. The van der Waals surface area contributed by atoms with Gasteiger partial charge < -0.3 is 14.4 Å². The van der Waals surface area contributed by atoms with Crippen LogP contribution in [0, 0.1) is 18.3 Å². The fourth-order valence-electron chi connectivity index (χ4n) is 5.40. The van der Waals surface area contributed by atoms with Gasteiger partial charge >= 0.3 is 12.3 Å². The van der Waals surface area contributed by atoms with E-state index in [1.807, 2.05) is 0 Å². The highest BCUT2D eigenvalue weighted by Crippen LogP contribution is 2.46. The largest absolute Gasteiger partial charge is 0.573 e. The number of halogens is 3. The number of fused-ring (bicyclic) bond motifs is 1. The Labute approximate surface area is 190 Å². The summed E-state index contributed by atoms with van der Waals surface area (Å²) in [6.07, 6.45) is -1.79. The molecule has 33 heavy (non-hydrogen) atoms. The number of ether oxygens (including phenoxy) is 1. The lowest BCUT2D eigenvalue weighted by atomic mass is 9.70. The fourth-order valence-corrected chi connectivity index (χ4v) is 5.40. The van der Waals surface area contributed by atoms with Crippen molar-refractivity contribution in [3.63, 3.8) is 0 Å². The van der Waals surface area contributed by atoms with Crippen LogP contribution in [-0.2, 0) is 0 Å². The van der Waals surface area contributed by atoms with Crippen molar-refractivity contribution in [3.8, 4) is 17.1 Å². The van der Waals surface area contributed by atoms with Crippen molar-refractivity contribution in [2.24, 2.45) is 11.3 Å². The van der Waals surface area contributed by atoms with E-state index in [9.17, 15) is 23.1 Å². The minimum atomic E-state index is -4.76. The van der Waals surface area contributed by atoms with Gasteiger partial charge in [0.25, 0.3) is 0 Å². The van der Waals surface area contributed by atoms with Crippen molar-refractivity contribution in [1.82, 2.24) is 9.55 Å². The molecule has 2 atom stereocenters. The third-order valence-electron chi connectivity index (χ3n) is 6.42. The Balaban J connectivity index is 1.88. The van der Waals surface area contributed by atoms with Crippen LogP contribution in [0.3, 0.4) is 0 Å². The first-order valence-electron chi connectivity index (χ1n) is 11.0. The molecule has 2 unspecified atom stereocenters. The first kappa shape index (κ1) is 23.1. The molecule has 5 nitrogen and oxygen atoms in total. The summed E-state index contributed by atoms with van der Waals surface area (Å²) in [7, 11) is 0. The summed E-state index contributed by atoms with van der Waals surface area (Å²) < 4.78 is 43.9. The standard InChI is InChI=1S/C25H27F3N2O3/c1-14-11-17(13-24(3,4)12-14)30-20-10-9-19(23(31)32)15(2)21(20)29-22(30)16-5-7-18(8-6-16)33-25(26,27)28/h5-10,14,17H,11-13H2,1-4H3,(H,31,32). The van der Waals surface area contributed by atoms with Gasteiger partial charge in [-0.25, -0.2) is 9.78 Å². The van der Waals surface area contributed by atoms with Crippen molar-refractivity contribution in [3.05, 3.63) is 47.5 Å². The highest BCUT2D eigenvalue weighted by Gasteiger charge is 2.35. The molecule has 0 aliphatic heterocycles. The van der Waals surface area contributed by atoms with Crippen molar-refractivity contribution in [1.29, 1.82) is 0 Å². The van der Waals surface area contributed by atoms with E-state index in [4.69, 9.17) is 4.98 Å². The number of hydrogen-bond donors (Lipinski definition) is 1. The van der Waals surface area contributed by atoms with Gasteiger partial charge in [-0.1, -0.05) is 20.8 Å². The van der Waals surface area contributed by atoms with E-state index in [1.54, 1.807) is 31.2 Å².